The highest BCUT2D eigenvalue weighted by Gasteiger charge is 2.20. The van der Waals surface area contributed by atoms with Crippen molar-refractivity contribution in [1.29, 1.82) is 0 Å². The molecule has 3 nitrogen and oxygen atoms in total. The number of aliphatic hydroxyl groups excluding tert-OH is 1. The summed E-state index contributed by atoms with van der Waals surface area (Å²) < 4.78 is 12.1. The number of aliphatic hydroxyl groups is 1. The van der Waals surface area contributed by atoms with Gasteiger partial charge in [0.1, 0.15) is 5.75 Å². The molecule has 0 radical (unpaired) electrons. The highest BCUT2D eigenvalue weighted by atomic mass is 79.9. The molecule has 1 aliphatic carbocycles. The van der Waals surface area contributed by atoms with Crippen LogP contribution in [-0.2, 0) is 11.3 Å². The lowest BCUT2D eigenvalue weighted by Crippen LogP contribution is -2.24. The summed E-state index contributed by atoms with van der Waals surface area (Å²) in [6.45, 7) is 0.582. The fourth-order valence-corrected chi connectivity index (χ4v) is 2.57. The van der Waals surface area contributed by atoms with Crippen molar-refractivity contribution in [2.45, 2.75) is 44.5 Å². The molecule has 1 aromatic rings. The van der Waals surface area contributed by atoms with Crippen LogP contribution in [0.2, 0.25) is 0 Å². The van der Waals surface area contributed by atoms with Crippen molar-refractivity contribution >= 4 is 15.9 Å². The minimum absolute atomic E-state index is 0.131. The van der Waals surface area contributed by atoms with Crippen LogP contribution in [0, 0.1) is 0 Å². The first-order valence-corrected chi connectivity index (χ1v) is 7.10. The minimum Gasteiger partial charge on any atom is -0.497 e. The summed E-state index contributed by atoms with van der Waals surface area (Å²) in [5, 5.41) is 9.45. The van der Waals surface area contributed by atoms with E-state index in [0.29, 0.717) is 6.61 Å². The van der Waals surface area contributed by atoms with Crippen molar-refractivity contribution in [3.05, 3.63) is 28.2 Å². The maximum Gasteiger partial charge on any atom is 0.119 e. The summed E-state index contributed by atoms with van der Waals surface area (Å²) in [6.07, 6.45) is 3.74. The van der Waals surface area contributed by atoms with Crippen LogP contribution >= 0.6 is 15.9 Å². The summed E-state index contributed by atoms with van der Waals surface area (Å²) in [6, 6.07) is 5.88. The van der Waals surface area contributed by atoms with Crippen molar-refractivity contribution in [2.75, 3.05) is 7.11 Å². The van der Waals surface area contributed by atoms with Gasteiger partial charge in [0, 0.05) is 4.47 Å². The zero-order valence-electron chi connectivity index (χ0n) is 10.6. The molecule has 0 unspecified atom stereocenters. The predicted octanol–water partition coefficient (Wildman–Crippen LogP) is 3.28. The third kappa shape index (κ3) is 3.70. The van der Waals surface area contributed by atoms with E-state index in [9.17, 15) is 5.11 Å². The largest absolute Gasteiger partial charge is 0.497 e. The number of ether oxygens (including phenoxy) is 2. The van der Waals surface area contributed by atoms with Gasteiger partial charge in [0.05, 0.1) is 25.9 Å². The van der Waals surface area contributed by atoms with Crippen LogP contribution in [0.4, 0.5) is 0 Å². The van der Waals surface area contributed by atoms with Gasteiger partial charge in [-0.25, -0.2) is 0 Å². The Balaban J connectivity index is 1.89. The van der Waals surface area contributed by atoms with Crippen molar-refractivity contribution in [1.82, 2.24) is 0 Å². The molecule has 0 aromatic heterocycles. The number of methoxy groups -OCH3 is 1. The molecular weight excluding hydrogens is 296 g/mol. The Bertz CT molecular complexity index is 387. The number of benzene rings is 1. The molecule has 0 aliphatic heterocycles. The van der Waals surface area contributed by atoms with Crippen molar-refractivity contribution in [2.24, 2.45) is 0 Å². The molecule has 0 saturated heterocycles. The van der Waals surface area contributed by atoms with Crippen molar-refractivity contribution < 1.29 is 14.6 Å². The van der Waals surface area contributed by atoms with Gasteiger partial charge >= 0.3 is 0 Å². The van der Waals surface area contributed by atoms with Gasteiger partial charge in [0.2, 0.25) is 0 Å². The Morgan fingerprint density at radius 2 is 2.00 bits per heavy atom. The Labute approximate surface area is 116 Å². The fraction of sp³-hybridized carbons (Fsp3) is 0.571. The average Bonchev–Trinajstić information content (AvgIpc) is 2.40. The van der Waals surface area contributed by atoms with Gasteiger partial charge in [0.15, 0.2) is 0 Å². The van der Waals surface area contributed by atoms with E-state index in [1.165, 1.54) is 0 Å². The van der Waals surface area contributed by atoms with E-state index >= 15 is 0 Å². The van der Waals surface area contributed by atoms with E-state index in [1.807, 2.05) is 18.2 Å². The topological polar surface area (TPSA) is 38.7 Å². The Kier molecular flexibility index (Phi) is 5.03. The van der Waals surface area contributed by atoms with E-state index in [2.05, 4.69) is 15.9 Å². The summed E-state index contributed by atoms with van der Waals surface area (Å²) in [4.78, 5) is 0. The second-order valence-corrected chi connectivity index (χ2v) is 5.55. The lowest BCUT2D eigenvalue weighted by atomic mass is 9.95. The third-order valence-corrected chi connectivity index (χ3v) is 4.14. The summed E-state index contributed by atoms with van der Waals surface area (Å²) in [7, 11) is 1.66. The normalized spacial score (nSPS) is 23.9. The first-order chi connectivity index (χ1) is 8.69. The zero-order valence-corrected chi connectivity index (χ0v) is 12.1. The number of halogens is 1. The predicted molar refractivity (Wildman–Crippen MR) is 73.7 cm³/mol. The monoisotopic (exact) mass is 314 g/mol. The lowest BCUT2D eigenvalue weighted by molar-refractivity contribution is -0.0120. The first kappa shape index (κ1) is 13.8. The molecule has 100 valence electrons. The van der Waals surface area contributed by atoms with E-state index < -0.39 is 0 Å². The lowest BCUT2D eigenvalue weighted by Gasteiger charge is -2.25. The third-order valence-electron chi connectivity index (χ3n) is 3.37. The molecule has 18 heavy (non-hydrogen) atoms. The van der Waals surface area contributed by atoms with Crippen LogP contribution in [0.1, 0.15) is 31.2 Å². The van der Waals surface area contributed by atoms with Crippen LogP contribution in [0.25, 0.3) is 0 Å². The molecule has 0 spiro atoms. The van der Waals surface area contributed by atoms with Gasteiger partial charge < -0.3 is 14.6 Å². The molecule has 1 N–H and O–H groups in total. The van der Waals surface area contributed by atoms with Gasteiger partial charge in [-0.2, -0.15) is 0 Å². The Hall–Kier alpha value is -0.580. The quantitative estimate of drug-likeness (QED) is 0.927. The Morgan fingerprint density at radius 1 is 1.28 bits per heavy atom. The molecule has 1 aliphatic rings. The van der Waals surface area contributed by atoms with E-state index in [-0.39, 0.29) is 12.2 Å². The smallest absolute Gasteiger partial charge is 0.119 e. The van der Waals surface area contributed by atoms with Gasteiger partial charge in [-0.15, -0.1) is 0 Å². The number of rotatable bonds is 4. The maximum atomic E-state index is 9.45. The fourth-order valence-electron chi connectivity index (χ4n) is 2.21. The first-order valence-electron chi connectivity index (χ1n) is 6.31. The van der Waals surface area contributed by atoms with E-state index in [1.54, 1.807) is 7.11 Å². The second-order valence-electron chi connectivity index (χ2n) is 4.70. The number of hydrogen-bond acceptors (Lipinski definition) is 3. The second kappa shape index (κ2) is 6.55. The highest BCUT2D eigenvalue weighted by molar-refractivity contribution is 9.10. The standard InChI is InChI=1S/C14H19BrO3/c1-17-13-6-7-14(15)10(8-13)9-18-12-4-2-11(16)3-5-12/h6-8,11-12,16H,2-5,9H2,1H3. The summed E-state index contributed by atoms with van der Waals surface area (Å²) in [5.41, 5.74) is 1.10. The molecule has 4 heteroatoms. The molecule has 1 fully saturated rings. The van der Waals surface area contributed by atoms with Crippen molar-refractivity contribution in [3.8, 4) is 5.75 Å². The van der Waals surface area contributed by atoms with Gasteiger partial charge in [0.25, 0.3) is 0 Å². The molecule has 0 heterocycles. The molecule has 0 bridgehead atoms. The average molecular weight is 315 g/mol. The summed E-state index contributed by atoms with van der Waals surface area (Å²) >= 11 is 3.52. The molecular formula is C14H19BrO3. The van der Waals surface area contributed by atoms with Crippen LogP contribution < -0.4 is 4.74 Å². The Morgan fingerprint density at radius 3 is 2.67 bits per heavy atom. The van der Waals surface area contributed by atoms with Crippen LogP contribution in [0.5, 0.6) is 5.75 Å². The van der Waals surface area contributed by atoms with Gasteiger partial charge in [-0.05, 0) is 49.4 Å². The SMILES string of the molecule is COc1ccc(Br)c(COC2CCC(O)CC2)c1. The molecule has 0 amide bonds. The molecule has 1 aromatic carbocycles. The van der Waals surface area contributed by atoms with Crippen LogP contribution in [0.3, 0.4) is 0 Å². The highest BCUT2D eigenvalue weighted by Crippen LogP contribution is 2.26. The van der Waals surface area contributed by atoms with E-state index in [4.69, 9.17) is 9.47 Å². The zero-order chi connectivity index (χ0) is 13.0. The minimum atomic E-state index is -0.131. The molecule has 1 saturated carbocycles. The molecule has 0 atom stereocenters. The number of hydrogen-bond donors (Lipinski definition) is 1. The van der Waals surface area contributed by atoms with Crippen molar-refractivity contribution in [3.63, 3.8) is 0 Å². The van der Waals surface area contributed by atoms with Gasteiger partial charge in [-0.3, -0.25) is 0 Å². The van der Waals surface area contributed by atoms with E-state index in [0.717, 1.165) is 41.5 Å². The molecule has 2 rings (SSSR count). The van der Waals surface area contributed by atoms with Crippen LogP contribution in [-0.4, -0.2) is 24.4 Å². The maximum absolute atomic E-state index is 9.45. The van der Waals surface area contributed by atoms with Gasteiger partial charge in [-0.1, -0.05) is 15.9 Å². The summed E-state index contributed by atoms with van der Waals surface area (Å²) in [5.74, 6) is 0.843. The van der Waals surface area contributed by atoms with Crippen LogP contribution in [0.15, 0.2) is 22.7 Å².